The second-order valence-corrected chi connectivity index (χ2v) is 6.39. The molecule has 2 aliphatic heterocycles. The minimum atomic E-state index is 0.236. The molecule has 1 fully saturated rings. The summed E-state index contributed by atoms with van der Waals surface area (Å²) in [5.74, 6) is 1.02. The lowest BCUT2D eigenvalue weighted by atomic mass is 10.2. The quantitative estimate of drug-likeness (QED) is 0.847. The molecule has 0 atom stereocenters. The molecule has 0 unspecified atom stereocenters. The average Bonchev–Trinajstić information content (AvgIpc) is 3.07. The number of rotatable bonds is 3. The number of hydrogen-bond donors (Lipinski definition) is 1. The highest BCUT2D eigenvalue weighted by Crippen LogP contribution is 2.27. The Kier molecular flexibility index (Phi) is 4.13. The molecule has 2 aromatic rings. The maximum Gasteiger partial charge on any atom is 0.282 e. The Morgan fingerprint density at radius 2 is 1.79 bits per heavy atom. The molecule has 1 aromatic heterocycles. The Morgan fingerprint density at radius 1 is 1.04 bits per heavy atom. The van der Waals surface area contributed by atoms with Gasteiger partial charge in [-0.2, -0.15) is 0 Å². The molecule has 1 N–H and O–H groups in total. The molecule has 1 aromatic carbocycles. The molecule has 6 heteroatoms. The molecule has 0 bridgehead atoms. The van der Waals surface area contributed by atoms with E-state index < -0.39 is 0 Å². The summed E-state index contributed by atoms with van der Waals surface area (Å²) in [5, 5.41) is 0. The second kappa shape index (κ2) is 6.57. The first-order valence-electron chi connectivity index (χ1n) is 8.55. The summed E-state index contributed by atoms with van der Waals surface area (Å²) in [5.41, 5.74) is 2.38. The minimum Gasteiger partial charge on any atom is -0.330 e. The van der Waals surface area contributed by atoms with E-state index in [1.165, 1.54) is 10.5 Å². The fourth-order valence-corrected chi connectivity index (χ4v) is 3.56. The monoisotopic (exact) mass is 324 g/mol. The van der Waals surface area contributed by atoms with E-state index in [1.54, 1.807) is 12.4 Å². The van der Waals surface area contributed by atoms with E-state index in [1.807, 2.05) is 23.1 Å². The summed E-state index contributed by atoms with van der Waals surface area (Å²) < 4.78 is 0. The summed E-state index contributed by atoms with van der Waals surface area (Å²) in [4.78, 5) is 26.8. The Bertz CT molecular complexity index is 712. The van der Waals surface area contributed by atoms with E-state index >= 15 is 0 Å². The van der Waals surface area contributed by atoms with E-state index in [4.69, 9.17) is 0 Å². The Balaban J connectivity index is 1.34. The van der Waals surface area contributed by atoms with Gasteiger partial charge < -0.3 is 14.7 Å². The maximum absolute atomic E-state index is 12.7. The minimum absolute atomic E-state index is 0.236. The molecule has 0 aliphatic carbocycles. The number of benzene rings is 1. The summed E-state index contributed by atoms with van der Waals surface area (Å²) in [6.45, 7) is 5.05. The van der Waals surface area contributed by atoms with Gasteiger partial charge in [0.05, 0.1) is 26.2 Å². The van der Waals surface area contributed by atoms with Crippen LogP contribution in [0.2, 0.25) is 0 Å². The van der Waals surface area contributed by atoms with Crippen molar-refractivity contribution in [2.75, 3.05) is 49.1 Å². The van der Waals surface area contributed by atoms with Crippen molar-refractivity contribution < 1.29 is 9.69 Å². The van der Waals surface area contributed by atoms with E-state index in [2.05, 4.69) is 27.0 Å². The van der Waals surface area contributed by atoms with Crippen LogP contribution < -0.4 is 14.7 Å². The van der Waals surface area contributed by atoms with Gasteiger partial charge in [0.1, 0.15) is 0 Å². The number of quaternary nitrogens is 1. The molecule has 6 nitrogen and oxygen atoms in total. The van der Waals surface area contributed by atoms with Crippen LogP contribution in [-0.4, -0.2) is 55.1 Å². The second-order valence-electron chi connectivity index (χ2n) is 6.39. The fraction of sp³-hybridized carbons (Fsp3) is 0.389. The van der Waals surface area contributed by atoms with Crippen LogP contribution in [-0.2, 0) is 11.2 Å². The first-order chi connectivity index (χ1) is 11.8. The van der Waals surface area contributed by atoms with Gasteiger partial charge in [-0.1, -0.05) is 18.2 Å². The van der Waals surface area contributed by atoms with E-state index in [0.717, 1.165) is 50.8 Å². The average molecular weight is 324 g/mol. The van der Waals surface area contributed by atoms with Crippen LogP contribution in [0, 0.1) is 0 Å². The molecule has 0 saturated carbocycles. The third-order valence-corrected chi connectivity index (χ3v) is 4.89. The zero-order valence-electron chi connectivity index (χ0n) is 13.7. The van der Waals surface area contributed by atoms with Gasteiger partial charge in [0, 0.05) is 24.6 Å². The van der Waals surface area contributed by atoms with Crippen molar-refractivity contribution in [1.82, 2.24) is 9.97 Å². The van der Waals surface area contributed by atoms with Crippen LogP contribution in [0.3, 0.4) is 0 Å². The summed E-state index contributed by atoms with van der Waals surface area (Å²) >= 11 is 0. The van der Waals surface area contributed by atoms with Gasteiger partial charge in [-0.15, -0.1) is 0 Å². The number of aromatic nitrogens is 2. The molecule has 24 heavy (non-hydrogen) atoms. The van der Waals surface area contributed by atoms with Gasteiger partial charge in [-0.3, -0.25) is 4.79 Å². The SMILES string of the molecule is O=C(C[NH+]1CCN(c2ncccn2)CC1)N1CCc2ccccc21. The highest BCUT2D eigenvalue weighted by Gasteiger charge is 2.29. The Labute approximate surface area is 141 Å². The van der Waals surface area contributed by atoms with E-state index in [0.29, 0.717) is 6.54 Å². The third kappa shape index (κ3) is 2.97. The van der Waals surface area contributed by atoms with Crippen molar-refractivity contribution >= 4 is 17.5 Å². The number of nitrogens with zero attached hydrogens (tertiary/aromatic N) is 4. The van der Waals surface area contributed by atoms with Gasteiger partial charge in [-0.25, -0.2) is 9.97 Å². The number of para-hydroxylation sites is 1. The smallest absolute Gasteiger partial charge is 0.282 e. The molecule has 1 saturated heterocycles. The summed E-state index contributed by atoms with van der Waals surface area (Å²) in [6.07, 6.45) is 4.52. The standard InChI is InChI=1S/C18H21N5O/c24-17(23-9-6-15-4-1-2-5-16(15)23)14-21-10-12-22(13-11-21)18-19-7-3-8-20-18/h1-5,7-8H,6,9-14H2/p+1. The van der Waals surface area contributed by atoms with Crippen LogP contribution in [0.15, 0.2) is 42.7 Å². The van der Waals surface area contributed by atoms with Gasteiger partial charge in [0.25, 0.3) is 5.91 Å². The first kappa shape index (κ1) is 15.1. The van der Waals surface area contributed by atoms with Crippen LogP contribution in [0.1, 0.15) is 5.56 Å². The molecule has 0 radical (unpaired) electrons. The largest absolute Gasteiger partial charge is 0.330 e. The first-order valence-corrected chi connectivity index (χ1v) is 8.55. The predicted molar refractivity (Wildman–Crippen MR) is 92.3 cm³/mol. The number of hydrogen-bond acceptors (Lipinski definition) is 4. The molecule has 0 spiro atoms. The normalized spacial score (nSPS) is 17.8. The molecular weight excluding hydrogens is 302 g/mol. The molecular formula is C18H22N5O+. The van der Waals surface area contributed by atoms with Gasteiger partial charge in [0.15, 0.2) is 6.54 Å². The zero-order valence-corrected chi connectivity index (χ0v) is 13.7. The lowest BCUT2D eigenvalue weighted by molar-refractivity contribution is -0.892. The molecule has 2 aliphatic rings. The Hall–Kier alpha value is -2.47. The maximum atomic E-state index is 12.7. The highest BCUT2D eigenvalue weighted by atomic mass is 16.2. The van der Waals surface area contributed by atoms with Gasteiger partial charge in [-0.05, 0) is 24.1 Å². The lowest BCUT2D eigenvalue weighted by Gasteiger charge is -2.32. The number of carbonyl (C=O) groups is 1. The number of carbonyl (C=O) groups excluding carboxylic acids is 1. The van der Waals surface area contributed by atoms with Crippen molar-refractivity contribution in [3.8, 4) is 0 Å². The van der Waals surface area contributed by atoms with Crippen LogP contribution in [0.5, 0.6) is 0 Å². The van der Waals surface area contributed by atoms with Crippen molar-refractivity contribution in [1.29, 1.82) is 0 Å². The fourth-order valence-electron chi connectivity index (χ4n) is 3.56. The van der Waals surface area contributed by atoms with E-state index in [-0.39, 0.29) is 5.91 Å². The zero-order chi connectivity index (χ0) is 16.4. The molecule has 124 valence electrons. The van der Waals surface area contributed by atoms with Crippen molar-refractivity contribution in [3.05, 3.63) is 48.3 Å². The number of fused-ring (bicyclic) bond motifs is 1. The van der Waals surface area contributed by atoms with Crippen molar-refractivity contribution in [2.24, 2.45) is 0 Å². The number of nitrogens with one attached hydrogen (secondary N) is 1. The number of piperazine rings is 1. The third-order valence-electron chi connectivity index (χ3n) is 4.89. The lowest BCUT2D eigenvalue weighted by Crippen LogP contribution is -3.16. The van der Waals surface area contributed by atoms with Crippen LogP contribution in [0.25, 0.3) is 0 Å². The van der Waals surface area contributed by atoms with Crippen molar-refractivity contribution in [2.45, 2.75) is 6.42 Å². The topological polar surface area (TPSA) is 53.8 Å². The Morgan fingerprint density at radius 3 is 2.58 bits per heavy atom. The summed E-state index contributed by atoms with van der Waals surface area (Å²) in [6, 6.07) is 10.1. The van der Waals surface area contributed by atoms with Crippen molar-refractivity contribution in [3.63, 3.8) is 0 Å². The van der Waals surface area contributed by atoms with Crippen LogP contribution >= 0.6 is 0 Å². The molecule has 1 amide bonds. The summed E-state index contributed by atoms with van der Waals surface area (Å²) in [7, 11) is 0. The molecule has 4 rings (SSSR count). The van der Waals surface area contributed by atoms with Gasteiger partial charge >= 0.3 is 0 Å². The van der Waals surface area contributed by atoms with Gasteiger partial charge in [0.2, 0.25) is 5.95 Å². The number of anilines is 2. The number of amides is 1. The highest BCUT2D eigenvalue weighted by molar-refractivity contribution is 5.96. The predicted octanol–water partition coefficient (Wildman–Crippen LogP) is -0.229. The molecule has 3 heterocycles. The van der Waals surface area contributed by atoms with E-state index in [9.17, 15) is 4.79 Å². The van der Waals surface area contributed by atoms with Crippen LogP contribution in [0.4, 0.5) is 11.6 Å².